The van der Waals surface area contributed by atoms with Gasteiger partial charge in [0.2, 0.25) is 0 Å². The van der Waals surface area contributed by atoms with E-state index in [2.05, 4.69) is 4.98 Å². The Balaban J connectivity index is 2.32. The number of alkyl halides is 3. The highest BCUT2D eigenvalue weighted by Gasteiger charge is 2.33. The molecule has 0 aliphatic rings. The van der Waals surface area contributed by atoms with E-state index in [1.165, 1.54) is 0 Å². The minimum absolute atomic E-state index is 0.0550. The highest BCUT2D eigenvalue weighted by molar-refractivity contribution is 5.53. The van der Waals surface area contributed by atoms with Gasteiger partial charge in [-0.1, -0.05) is 19.1 Å². The Morgan fingerprint density at radius 1 is 1.25 bits per heavy atom. The SMILES string of the molecule is CCc1cccc(Oc2cc(C(F)(F)F)ncc2N)c1. The molecule has 106 valence electrons. The summed E-state index contributed by atoms with van der Waals surface area (Å²) in [4.78, 5) is 3.26. The molecule has 0 unspecified atom stereocenters. The molecule has 0 saturated carbocycles. The molecule has 0 aliphatic heterocycles. The van der Waals surface area contributed by atoms with E-state index < -0.39 is 11.9 Å². The van der Waals surface area contributed by atoms with E-state index in [9.17, 15) is 13.2 Å². The molecule has 20 heavy (non-hydrogen) atoms. The normalized spacial score (nSPS) is 11.4. The van der Waals surface area contributed by atoms with Crippen LogP contribution in [0.2, 0.25) is 0 Å². The van der Waals surface area contributed by atoms with E-state index in [-0.39, 0.29) is 11.4 Å². The van der Waals surface area contributed by atoms with E-state index in [4.69, 9.17) is 10.5 Å². The Kier molecular flexibility index (Phi) is 3.83. The lowest BCUT2D eigenvalue weighted by molar-refractivity contribution is -0.141. The van der Waals surface area contributed by atoms with Crippen molar-refractivity contribution < 1.29 is 17.9 Å². The predicted molar refractivity (Wildman–Crippen MR) is 69.5 cm³/mol. The van der Waals surface area contributed by atoms with Gasteiger partial charge in [0, 0.05) is 6.07 Å². The number of halogens is 3. The Hall–Kier alpha value is -2.24. The standard InChI is InChI=1S/C14H13F3N2O/c1-2-9-4-3-5-10(6-9)20-12-7-13(14(15,16)17)19-8-11(12)18/h3-8H,2,18H2,1H3. The number of hydrogen-bond donors (Lipinski definition) is 1. The van der Waals surface area contributed by atoms with Crippen molar-refractivity contribution in [2.45, 2.75) is 19.5 Å². The van der Waals surface area contributed by atoms with E-state index in [1.807, 2.05) is 13.0 Å². The summed E-state index contributed by atoms with van der Waals surface area (Å²) in [5, 5.41) is 0. The van der Waals surface area contributed by atoms with Gasteiger partial charge in [-0.2, -0.15) is 13.2 Å². The molecular formula is C14H13F3N2O. The van der Waals surface area contributed by atoms with Crippen molar-refractivity contribution in [2.24, 2.45) is 0 Å². The summed E-state index contributed by atoms with van der Waals surface area (Å²) in [6.45, 7) is 1.97. The van der Waals surface area contributed by atoms with Gasteiger partial charge in [0.25, 0.3) is 0 Å². The summed E-state index contributed by atoms with van der Waals surface area (Å²) < 4.78 is 43.2. The van der Waals surface area contributed by atoms with Crippen LogP contribution in [0.25, 0.3) is 0 Å². The maximum absolute atomic E-state index is 12.6. The Morgan fingerprint density at radius 3 is 2.65 bits per heavy atom. The van der Waals surface area contributed by atoms with E-state index >= 15 is 0 Å². The van der Waals surface area contributed by atoms with Crippen molar-refractivity contribution in [3.05, 3.63) is 47.8 Å². The monoisotopic (exact) mass is 282 g/mol. The van der Waals surface area contributed by atoms with Gasteiger partial charge in [0.15, 0.2) is 5.75 Å². The summed E-state index contributed by atoms with van der Waals surface area (Å²) in [6.07, 6.45) is -2.78. The molecule has 0 fully saturated rings. The van der Waals surface area contributed by atoms with Crippen LogP contribution >= 0.6 is 0 Å². The van der Waals surface area contributed by atoms with Gasteiger partial charge < -0.3 is 10.5 Å². The molecule has 2 rings (SSSR count). The first-order chi connectivity index (χ1) is 9.40. The van der Waals surface area contributed by atoms with E-state index in [1.54, 1.807) is 18.2 Å². The minimum Gasteiger partial charge on any atom is -0.455 e. The first-order valence-corrected chi connectivity index (χ1v) is 5.99. The van der Waals surface area contributed by atoms with Crippen LogP contribution in [-0.2, 0) is 12.6 Å². The zero-order valence-corrected chi connectivity index (χ0v) is 10.7. The summed E-state index contributed by atoms with van der Waals surface area (Å²) in [7, 11) is 0. The molecule has 1 aromatic carbocycles. The number of aromatic nitrogens is 1. The highest BCUT2D eigenvalue weighted by atomic mass is 19.4. The van der Waals surface area contributed by atoms with E-state index in [0.29, 0.717) is 5.75 Å². The molecule has 2 aromatic rings. The lowest BCUT2D eigenvalue weighted by atomic mass is 10.2. The fourth-order valence-electron chi connectivity index (χ4n) is 1.65. The van der Waals surface area contributed by atoms with Gasteiger partial charge in [-0.25, -0.2) is 4.98 Å². The topological polar surface area (TPSA) is 48.1 Å². The molecule has 0 atom stereocenters. The number of rotatable bonds is 3. The molecule has 0 radical (unpaired) electrons. The van der Waals surface area contributed by atoms with Crippen molar-refractivity contribution in [3.8, 4) is 11.5 Å². The third-order valence-electron chi connectivity index (χ3n) is 2.72. The summed E-state index contributed by atoms with van der Waals surface area (Å²) in [6, 6.07) is 7.90. The number of nitrogens with zero attached hydrogens (tertiary/aromatic N) is 1. The Labute approximate surface area is 114 Å². The van der Waals surface area contributed by atoms with Crippen LogP contribution in [-0.4, -0.2) is 4.98 Å². The molecule has 0 saturated heterocycles. The number of pyridine rings is 1. The quantitative estimate of drug-likeness (QED) is 0.924. The molecule has 0 amide bonds. The maximum atomic E-state index is 12.6. The smallest absolute Gasteiger partial charge is 0.433 e. The van der Waals surface area contributed by atoms with Crippen LogP contribution in [0, 0.1) is 0 Å². The van der Waals surface area contributed by atoms with Gasteiger partial charge in [-0.05, 0) is 24.1 Å². The molecule has 2 N–H and O–H groups in total. The average Bonchev–Trinajstić information content (AvgIpc) is 2.40. The van der Waals surface area contributed by atoms with Crippen molar-refractivity contribution >= 4 is 5.69 Å². The highest BCUT2D eigenvalue weighted by Crippen LogP contribution is 2.34. The molecule has 0 bridgehead atoms. The van der Waals surface area contributed by atoms with Gasteiger partial charge >= 0.3 is 6.18 Å². The second-order valence-electron chi connectivity index (χ2n) is 4.21. The van der Waals surface area contributed by atoms with Gasteiger partial charge in [0.05, 0.1) is 11.9 Å². The molecule has 3 nitrogen and oxygen atoms in total. The van der Waals surface area contributed by atoms with Crippen LogP contribution < -0.4 is 10.5 Å². The molecule has 1 aromatic heterocycles. The van der Waals surface area contributed by atoms with E-state index in [0.717, 1.165) is 24.2 Å². The summed E-state index contributed by atoms with van der Waals surface area (Å²) in [5.41, 5.74) is 5.64. The Bertz CT molecular complexity index is 612. The third-order valence-corrected chi connectivity index (χ3v) is 2.72. The molecule has 0 aliphatic carbocycles. The first kappa shape index (κ1) is 14.2. The van der Waals surface area contributed by atoms with Crippen LogP contribution in [0.1, 0.15) is 18.2 Å². The van der Waals surface area contributed by atoms with Crippen molar-refractivity contribution in [1.82, 2.24) is 4.98 Å². The van der Waals surface area contributed by atoms with Gasteiger partial charge in [-0.15, -0.1) is 0 Å². The number of hydrogen-bond acceptors (Lipinski definition) is 3. The second-order valence-corrected chi connectivity index (χ2v) is 4.21. The van der Waals surface area contributed by atoms with Gasteiger partial charge in [0.1, 0.15) is 11.4 Å². The Morgan fingerprint density at radius 2 is 2.00 bits per heavy atom. The lowest BCUT2D eigenvalue weighted by Gasteiger charge is -2.12. The molecule has 1 heterocycles. The van der Waals surface area contributed by atoms with Crippen LogP contribution in [0.15, 0.2) is 36.5 Å². The van der Waals surface area contributed by atoms with Crippen LogP contribution in [0.5, 0.6) is 11.5 Å². The molecular weight excluding hydrogens is 269 g/mol. The zero-order valence-electron chi connectivity index (χ0n) is 10.7. The predicted octanol–water partition coefficient (Wildman–Crippen LogP) is 4.04. The summed E-state index contributed by atoms with van der Waals surface area (Å²) in [5.74, 6) is 0.385. The average molecular weight is 282 g/mol. The fraction of sp³-hybridized carbons (Fsp3) is 0.214. The van der Waals surface area contributed by atoms with Crippen molar-refractivity contribution in [3.63, 3.8) is 0 Å². The number of nitrogens with two attached hydrogens (primary N) is 1. The summed E-state index contributed by atoms with van der Waals surface area (Å²) >= 11 is 0. The molecule has 6 heteroatoms. The number of nitrogen functional groups attached to an aromatic ring is 1. The van der Waals surface area contributed by atoms with Crippen molar-refractivity contribution in [1.29, 1.82) is 0 Å². The van der Waals surface area contributed by atoms with Crippen molar-refractivity contribution in [2.75, 3.05) is 5.73 Å². The largest absolute Gasteiger partial charge is 0.455 e. The minimum atomic E-state index is -4.53. The molecule has 0 spiro atoms. The van der Waals surface area contributed by atoms with Gasteiger partial charge in [-0.3, -0.25) is 0 Å². The number of benzene rings is 1. The second kappa shape index (κ2) is 5.40. The fourth-order valence-corrected chi connectivity index (χ4v) is 1.65. The third kappa shape index (κ3) is 3.20. The first-order valence-electron chi connectivity index (χ1n) is 5.99. The number of aryl methyl sites for hydroxylation is 1. The lowest BCUT2D eigenvalue weighted by Crippen LogP contribution is -2.08. The number of anilines is 1. The number of ether oxygens (including phenoxy) is 1. The zero-order chi connectivity index (χ0) is 14.8. The maximum Gasteiger partial charge on any atom is 0.433 e. The van der Waals surface area contributed by atoms with Crippen LogP contribution in [0.4, 0.5) is 18.9 Å². The van der Waals surface area contributed by atoms with Crippen LogP contribution in [0.3, 0.4) is 0 Å².